The molecule has 0 aliphatic carbocycles. The van der Waals surface area contributed by atoms with E-state index in [1.807, 2.05) is 0 Å². The van der Waals surface area contributed by atoms with Gasteiger partial charge in [-0.05, 0) is 18.3 Å². The van der Waals surface area contributed by atoms with Gasteiger partial charge in [0.25, 0.3) is 0 Å². The largest absolute Gasteiger partial charge is 0.382 e. The third kappa shape index (κ3) is 10.7. The van der Waals surface area contributed by atoms with E-state index in [-0.39, 0.29) is 17.9 Å². The van der Waals surface area contributed by atoms with Crippen molar-refractivity contribution >= 4 is 21.8 Å². The summed E-state index contributed by atoms with van der Waals surface area (Å²) in [5.41, 5.74) is 0.135. The van der Waals surface area contributed by atoms with Crippen molar-refractivity contribution < 1.29 is 14.3 Å². The Labute approximate surface area is 113 Å². The molecule has 0 saturated carbocycles. The predicted molar refractivity (Wildman–Crippen MR) is 72.5 cm³/mol. The lowest BCUT2D eigenvalue weighted by atomic mass is 9.88. The summed E-state index contributed by atoms with van der Waals surface area (Å²) < 4.78 is 9.96. The first kappa shape index (κ1) is 16.9. The fraction of sp³-hybridized carbons (Fsp3) is 0.917. The molecule has 0 spiro atoms. The SMILES string of the molecule is COCCOCC(=O)NCC(C)(C)CCCBr. The molecule has 0 unspecified atom stereocenters. The van der Waals surface area contributed by atoms with Gasteiger partial charge in [0.15, 0.2) is 0 Å². The number of carbonyl (C=O) groups is 1. The van der Waals surface area contributed by atoms with Gasteiger partial charge in [-0.25, -0.2) is 0 Å². The zero-order chi connectivity index (χ0) is 13.1. The van der Waals surface area contributed by atoms with Crippen molar-refractivity contribution in [3.05, 3.63) is 0 Å². The maximum absolute atomic E-state index is 11.4. The number of alkyl halides is 1. The van der Waals surface area contributed by atoms with Gasteiger partial charge in [-0.3, -0.25) is 4.79 Å². The summed E-state index contributed by atoms with van der Waals surface area (Å²) in [5, 5.41) is 3.89. The van der Waals surface area contributed by atoms with Gasteiger partial charge in [-0.15, -0.1) is 0 Å². The van der Waals surface area contributed by atoms with E-state index in [0.717, 1.165) is 18.2 Å². The molecule has 0 aliphatic heterocycles. The molecule has 0 rings (SSSR count). The highest BCUT2D eigenvalue weighted by molar-refractivity contribution is 9.09. The Bertz CT molecular complexity index is 210. The number of nitrogens with one attached hydrogen (secondary N) is 1. The van der Waals surface area contributed by atoms with Crippen LogP contribution in [0.25, 0.3) is 0 Å². The van der Waals surface area contributed by atoms with Crippen LogP contribution in [0.1, 0.15) is 26.7 Å². The van der Waals surface area contributed by atoms with E-state index in [2.05, 4.69) is 35.1 Å². The summed E-state index contributed by atoms with van der Waals surface area (Å²) in [4.78, 5) is 11.4. The lowest BCUT2D eigenvalue weighted by Gasteiger charge is -2.24. The van der Waals surface area contributed by atoms with Crippen LogP contribution < -0.4 is 5.32 Å². The highest BCUT2D eigenvalue weighted by Gasteiger charge is 2.18. The Morgan fingerprint density at radius 2 is 2.06 bits per heavy atom. The maximum atomic E-state index is 11.4. The second-order valence-corrected chi connectivity index (χ2v) is 5.57. The summed E-state index contributed by atoms with van der Waals surface area (Å²) in [6.45, 7) is 6.08. The van der Waals surface area contributed by atoms with Gasteiger partial charge in [0, 0.05) is 19.0 Å². The molecule has 0 aromatic rings. The first-order chi connectivity index (χ1) is 8.02. The predicted octanol–water partition coefficient (Wildman–Crippen LogP) is 1.97. The standard InChI is InChI=1S/C12H24BrNO3/c1-12(2,5-4-6-13)10-14-11(15)9-17-8-7-16-3/h4-10H2,1-3H3,(H,14,15). The van der Waals surface area contributed by atoms with Crippen LogP contribution in [0.2, 0.25) is 0 Å². The number of hydrogen-bond donors (Lipinski definition) is 1. The molecule has 0 radical (unpaired) electrons. The lowest BCUT2D eigenvalue weighted by Crippen LogP contribution is -2.36. The molecular formula is C12H24BrNO3. The van der Waals surface area contributed by atoms with Gasteiger partial charge in [-0.1, -0.05) is 29.8 Å². The van der Waals surface area contributed by atoms with Crippen LogP contribution >= 0.6 is 15.9 Å². The molecule has 102 valence electrons. The van der Waals surface area contributed by atoms with Crippen LogP contribution in [-0.4, -0.2) is 44.7 Å². The molecule has 0 bridgehead atoms. The number of hydrogen-bond acceptors (Lipinski definition) is 3. The minimum atomic E-state index is -0.0620. The summed E-state index contributed by atoms with van der Waals surface area (Å²) in [7, 11) is 1.61. The Hall–Kier alpha value is -0.130. The molecule has 1 N–H and O–H groups in total. The fourth-order valence-electron chi connectivity index (χ4n) is 1.33. The summed E-state index contributed by atoms with van der Waals surface area (Å²) in [6.07, 6.45) is 2.20. The van der Waals surface area contributed by atoms with Gasteiger partial charge in [0.05, 0.1) is 13.2 Å². The van der Waals surface area contributed by atoms with Gasteiger partial charge >= 0.3 is 0 Å². The van der Waals surface area contributed by atoms with Crippen molar-refractivity contribution in [3.63, 3.8) is 0 Å². The lowest BCUT2D eigenvalue weighted by molar-refractivity contribution is -0.126. The normalized spacial score (nSPS) is 11.5. The van der Waals surface area contributed by atoms with Crippen molar-refractivity contribution in [3.8, 4) is 0 Å². The molecule has 17 heavy (non-hydrogen) atoms. The molecule has 0 heterocycles. The molecular weight excluding hydrogens is 286 g/mol. The van der Waals surface area contributed by atoms with Gasteiger partial charge in [0.1, 0.15) is 6.61 Å². The third-order valence-corrected chi connectivity index (χ3v) is 2.98. The van der Waals surface area contributed by atoms with E-state index in [1.54, 1.807) is 7.11 Å². The zero-order valence-corrected chi connectivity index (χ0v) is 12.6. The summed E-state index contributed by atoms with van der Waals surface area (Å²) in [5.74, 6) is -0.0620. The topological polar surface area (TPSA) is 47.6 Å². The molecule has 0 aromatic carbocycles. The van der Waals surface area contributed by atoms with Crippen LogP contribution in [0.5, 0.6) is 0 Å². The first-order valence-electron chi connectivity index (χ1n) is 5.91. The van der Waals surface area contributed by atoms with E-state index >= 15 is 0 Å². The average molecular weight is 310 g/mol. The van der Waals surface area contributed by atoms with Crippen molar-refractivity contribution in [1.29, 1.82) is 0 Å². The van der Waals surface area contributed by atoms with Crippen molar-refractivity contribution in [1.82, 2.24) is 5.32 Å². The Morgan fingerprint density at radius 1 is 1.35 bits per heavy atom. The number of rotatable bonds is 10. The van der Waals surface area contributed by atoms with Gasteiger partial charge in [-0.2, -0.15) is 0 Å². The minimum Gasteiger partial charge on any atom is -0.382 e. The van der Waals surface area contributed by atoms with Crippen LogP contribution in [0.3, 0.4) is 0 Å². The Morgan fingerprint density at radius 3 is 2.65 bits per heavy atom. The van der Waals surface area contributed by atoms with E-state index in [1.165, 1.54) is 0 Å². The molecule has 0 saturated heterocycles. The summed E-state index contributed by atoms with van der Waals surface area (Å²) >= 11 is 3.41. The number of ether oxygens (including phenoxy) is 2. The van der Waals surface area contributed by atoms with Crippen LogP contribution in [0, 0.1) is 5.41 Å². The second kappa shape index (κ2) is 9.85. The molecule has 0 atom stereocenters. The zero-order valence-electron chi connectivity index (χ0n) is 11.1. The molecule has 0 fully saturated rings. The molecule has 5 heteroatoms. The van der Waals surface area contributed by atoms with E-state index < -0.39 is 0 Å². The first-order valence-corrected chi connectivity index (χ1v) is 7.03. The quantitative estimate of drug-likeness (QED) is 0.496. The smallest absolute Gasteiger partial charge is 0.246 e. The monoisotopic (exact) mass is 309 g/mol. The molecule has 0 aromatic heterocycles. The highest BCUT2D eigenvalue weighted by Crippen LogP contribution is 2.21. The summed E-state index contributed by atoms with van der Waals surface area (Å²) in [6, 6.07) is 0. The van der Waals surface area contributed by atoms with E-state index in [9.17, 15) is 4.79 Å². The third-order valence-electron chi connectivity index (χ3n) is 2.42. The fourth-order valence-corrected chi connectivity index (χ4v) is 1.61. The van der Waals surface area contributed by atoms with Gasteiger partial charge in [0.2, 0.25) is 5.91 Å². The highest BCUT2D eigenvalue weighted by atomic mass is 79.9. The Kier molecular flexibility index (Phi) is 9.78. The van der Waals surface area contributed by atoms with Crippen LogP contribution in [-0.2, 0) is 14.3 Å². The number of amides is 1. The van der Waals surface area contributed by atoms with Crippen LogP contribution in [0.15, 0.2) is 0 Å². The van der Waals surface area contributed by atoms with E-state index in [0.29, 0.717) is 19.8 Å². The number of methoxy groups -OCH3 is 1. The van der Waals surface area contributed by atoms with Crippen molar-refractivity contribution in [2.24, 2.45) is 5.41 Å². The minimum absolute atomic E-state index is 0.0620. The second-order valence-electron chi connectivity index (χ2n) is 4.78. The average Bonchev–Trinajstić information content (AvgIpc) is 2.30. The molecule has 4 nitrogen and oxygen atoms in total. The van der Waals surface area contributed by atoms with Crippen LogP contribution in [0.4, 0.5) is 0 Å². The van der Waals surface area contributed by atoms with Crippen molar-refractivity contribution in [2.45, 2.75) is 26.7 Å². The Balaban J connectivity index is 3.60. The number of carbonyl (C=O) groups excluding carboxylic acids is 1. The molecule has 1 amide bonds. The number of halogens is 1. The maximum Gasteiger partial charge on any atom is 0.246 e. The van der Waals surface area contributed by atoms with Crippen molar-refractivity contribution in [2.75, 3.05) is 38.8 Å². The van der Waals surface area contributed by atoms with Gasteiger partial charge < -0.3 is 14.8 Å². The van der Waals surface area contributed by atoms with E-state index in [4.69, 9.17) is 9.47 Å². The molecule has 0 aliphatic rings.